The maximum atomic E-state index is 11.1. The molecule has 0 fully saturated rings. The number of halogens is 1. The van der Waals surface area contributed by atoms with Crippen LogP contribution in [0.1, 0.15) is 38.2 Å². The fourth-order valence-electron chi connectivity index (χ4n) is 1.83. The summed E-state index contributed by atoms with van der Waals surface area (Å²) in [5.74, 6) is -0.0962. The number of carbonyl (C=O) groups excluding carboxylic acids is 1. The van der Waals surface area contributed by atoms with E-state index in [1.54, 1.807) is 0 Å². The van der Waals surface area contributed by atoms with E-state index in [1.165, 1.54) is 0 Å². The summed E-state index contributed by atoms with van der Waals surface area (Å²) in [6, 6.07) is 5.86. The molecule has 0 aliphatic heterocycles. The van der Waals surface area contributed by atoms with Gasteiger partial charge in [-0.3, -0.25) is 4.79 Å². The standard InChI is InChI=1S/C15H22ClNO2/c1-3-19-15(18)10-5-4-6-11-17-14-9-7-8-13(16)12(14)2/h7-9,17H,3-6,10-11H2,1-2H3. The molecule has 1 rings (SSSR count). The zero-order chi connectivity index (χ0) is 14.1. The number of carbonyl (C=O) groups is 1. The van der Waals surface area contributed by atoms with Gasteiger partial charge in [0.05, 0.1) is 6.61 Å². The SMILES string of the molecule is CCOC(=O)CCCCCNc1cccc(Cl)c1C. The van der Waals surface area contributed by atoms with Gasteiger partial charge in [-0.1, -0.05) is 24.1 Å². The Morgan fingerprint density at radius 1 is 1.32 bits per heavy atom. The van der Waals surface area contributed by atoms with Gasteiger partial charge in [0.2, 0.25) is 0 Å². The van der Waals surface area contributed by atoms with Crippen LogP contribution in [0.2, 0.25) is 5.02 Å². The molecule has 0 saturated carbocycles. The molecule has 3 nitrogen and oxygen atoms in total. The van der Waals surface area contributed by atoms with Crippen molar-refractivity contribution in [1.82, 2.24) is 0 Å². The van der Waals surface area contributed by atoms with Gasteiger partial charge in [-0.2, -0.15) is 0 Å². The van der Waals surface area contributed by atoms with Gasteiger partial charge in [0.15, 0.2) is 0 Å². The van der Waals surface area contributed by atoms with E-state index >= 15 is 0 Å². The molecule has 0 amide bonds. The number of anilines is 1. The zero-order valence-corrected chi connectivity index (χ0v) is 12.4. The van der Waals surface area contributed by atoms with Crippen LogP contribution in [0.15, 0.2) is 18.2 Å². The van der Waals surface area contributed by atoms with Crippen LogP contribution in [0.3, 0.4) is 0 Å². The van der Waals surface area contributed by atoms with Crippen LogP contribution in [0.25, 0.3) is 0 Å². The van der Waals surface area contributed by atoms with Gasteiger partial charge in [-0.15, -0.1) is 0 Å². The van der Waals surface area contributed by atoms with Crippen molar-refractivity contribution < 1.29 is 9.53 Å². The molecule has 0 aliphatic rings. The van der Waals surface area contributed by atoms with Crippen LogP contribution in [-0.4, -0.2) is 19.1 Å². The number of esters is 1. The van der Waals surface area contributed by atoms with Gasteiger partial charge in [0.1, 0.15) is 0 Å². The van der Waals surface area contributed by atoms with E-state index in [0.717, 1.165) is 42.1 Å². The molecule has 0 unspecified atom stereocenters. The quantitative estimate of drug-likeness (QED) is 0.574. The maximum absolute atomic E-state index is 11.1. The zero-order valence-electron chi connectivity index (χ0n) is 11.7. The van der Waals surface area contributed by atoms with Crippen molar-refractivity contribution in [3.8, 4) is 0 Å². The number of unbranched alkanes of at least 4 members (excludes halogenated alkanes) is 2. The molecular weight excluding hydrogens is 262 g/mol. The molecule has 0 heterocycles. The molecular formula is C15H22ClNO2. The molecule has 106 valence electrons. The van der Waals surface area contributed by atoms with Crippen LogP contribution in [0.4, 0.5) is 5.69 Å². The third-order valence-corrected chi connectivity index (χ3v) is 3.36. The van der Waals surface area contributed by atoms with Crippen molar-refractivity contribution in [1.29, 1.82) is 0 Å². The molecule has 0 aromatic heterocycles. The number of nitrogens with one attached hydrogen (secondary N) is 1. The second kappa shape index (κ2) is 8.81. The third-order valence-electron chi connectivity index (χ3n) is 2.95. The summed E-state index contributed by atoms with van der Waals surface area (Å²) in [7, 11) is 0. The third kappa shape index (κ3) is 5.97. The molecule has 19 heavy (non-hydrogen) atoms. The number of ether oxygens (including phenoxy) is 1. The average Bonchev–Trinajstić information content (AvgIpc) is 2.38. The van der Waals surface area contributed by atoms with Gasteiger partial charge >= 0.3 is 5.97 Å². The van der Waals surface area contributed by atoms with Gasteiger partial charge in [0, 0.05) is 23.7 Å². The van der Waals surface area contributed by atoms with Crippen molar-refractivity contribution in [3.63, 3.8) is 0 Å². The Morgan fingerprint density at radius 2 is 2.11 bits per heavy atom. The topological polar surface area (TPSA) is 38.3 Å². The first-order chi connectivity index (χ1) is 9.15. The molecule has 0 aliphatic carbocycles. The Kier molecular flexibility index (Phi) is 7.34. The number of rotatable bonds is 8. The van der Waals surface area contributed by atoms with Gasteiger partial charge < -0.3 is 10.1 Å². The second-order valence-electron chi connectivity index (χ2n) is 4.45. The monoisotopic (exact) mass is 283 g/mol. The minimum atomic E-state index is -0.0962. The van der Waals surface area contributed by atoms with E-state index in [9.17, 15) is 4.79 Å². The lowest BCUT2D eigenvalue weighted by Gasteiger charge is -2.10. The smallest absolute Gasteiger partial charge is 0.305 e. The number of hydrogen-bond donors (Lipinski definition) is 1. The summed E-state index contributed by atoms with van der Waals surface area (Å²) in [6.45, 7) is 5.19. The molecule has 1 aromatic rings. The first-order valence-corrected chi connectivity index (χ1v) is 7.17. The minimum absolute atomic E-state index is 0.0962. The van der Waals surface area contributed by atoms with Crippen molar-refractivity contribution in [2.24, 2.45) is 0 Å². The summed E-state index contributed by atoms with van der Waals surface area (Å²) in [5, 5.41) is 4.15. The Hall–Kier alpha value is -1.22. The lowest BCUT2D eigenvalue weighted by atomic mass is 10.1. The van der Waals surface area contributed by atoms with Crippen molar-refractivity contribution >= 4 is 23.3 Å². The fourth-order valence-corrected chi connectivity index (χ4v) is 2.00. The Morgan fingerprint density at radius 3 is 2.84 bits per heavy atom. The van der Waals surface area contributed by atoms with E-state index in [0.29, 0.717) is 13.0 Å². The van der Waals surface area contributed by atoms with Crippen LogP contribution >= 0.6 is 11.6 Å². The van der Waals surface area contributed by atoms with Crippen LogP contribution < -0.4 is 5.32 Å². The number of benzene rings is 1. The predicted molar refractivity (Wildman–Crippen MR) is 79.8 cm³/mol. The Labute approximate surface area is 120 Å². The Balaban J connectivity index is 2.14. The Bertz CT molecular complexity index is 407. The summed E-state index contributed by atoms with van der Waals surface area (Å²) >= 11 is 6.05. The average molecular weight is 284 g/mol. The first kappa shape index (κ1) is 15.8. The highest BCUT2D eigenvalue weighted by Crippen LogP contribution is 2.22. The lowest BCUT2D eigenvalue weighted by molar-refractivity contribution is -0.143. The van der Waals surface area contributed by atoms with Gasteiger partial charge in [-0.05, 0) is 44.4 Å². The summed E-state index contributed by atoms with van der Waals surface area (Å²) < 4.78 is 4.88. The van der Waals surface area contributed by atoms with E-state index in [2.05, 4.69) is 5.32 Å². The number of hydrogen-bond acceptors (Lipinski definition) is 3. The van der Waals surface area contributed by atoms with Crippen molar-refractivity contribution in [2.75, 3.05) is 18.5 Å². The predicted octanol–water partition coefficient (Wildman–Crippen LogP) is 4.18. The molecule has 1 N–H and O–H groups in total. The summed E-state index contributed by atoms with van der Waals surface area (Å²) in [4.78, 5) is 11.1. The highest BCUT2D eigenvalue weighted by Gasteiger charge is 2.02. The van der Waals surface area contributed by atoms with E-state index in [-0.39, 0.29) is 5.97 Å². The summed E-state index contributed by atoms with van der Waals surface area (Å²) in [5.41, 5.74) is 2.16. The highest BCUT2D eigenvalue weighted by molar-refractivity contribution is 6.31. The minimum Gasteiger partial charge on any atom is -0.466 e. The van der Waals surface area contributed by atoms with Crippen LogP contribution in [0.5, 0.6) is 0 Å². The molecule has 0 radical (unpaired) electrons. The van der Waals surface area contributed by atoms with Crippen molar-refractivity contribution in [2.45, 2.75) is 39.5 Å². The highest BCUT2D eigenvalue weighted by atomic mass is 35.5. The molecule has 4 heteroatoms. The molecule has 0 saturated heterocycles. The first-order valence-electron chi connectivity index (χ1n) is 6.79. The fraction of sp³-hybridized carbons (Fsp3) is 0.533. The maximum Gasteiger partial charge on any atom is 0.305 e. The van der Waals surface area contributed by atoms with Gasteiger partial charge in [-0.25, -0.2) is 0 Å². The van der Waals surface area contributed by atoms with E-state index in [4.69, 9.17) is 16.3 Å². The normalized spacial score (nSPS) is 10.3. The molecule has 0 bridgehead atoms. The van der Waals surface area contributed by atoms with Crippen LogP contribution in [-0.2, 0) is 9.53 Å². The molecule has 0 atom stereocenters. The van der Waals surface area contributed by atoms with Gasteiger partial charge in [0.25, 0.3) is 0 Å². The van der Waals surface area contributed by atoms with E-state index in [1.807, 2.05) is 32.0 Å². The second-order valence-corrected chi connectivity index (χ2v) is 4.86. The molecule has 1 aromatic carbocycles. The lowest BCUT2D eigenvalue weighted by Crippen LogP contribution is -2.05. The van der Waals surface area contributed by atoms with Crippen LogP contribution in [0, 0.1) is 6.92 Å². The molecule has 0 spiro atoms. The van der Waals surface area contributed by atoms with Crippen molar-refractivity contribution in [3.05, 3.63) is 28.8 Å². The van der Waals surface area contributed by atoms with E-state index < -0.39 is 0 Å². The largest absolute Gasteiger partial charge is 0.466 e. The summed E-state index contributed by atoms with van der Waals surface area (Å²) in [6.07, 6.45) is 3.45.